The highest BCUT2D eigenvalue weighted by Crippen LogP contribution is 2.40. The van der Waals surface area contributed by atoms with Crippen LogP contribution < -0.4 is 9.47 Å². The van der Waals surface area contributed by atoms with Gasteiger partial charge in [-0.15, -0.1) is 0 Å². The molecule has 1 aliphatic heterocycles. The van der Waals surface area contributed by atoms with Crippen molar-refractivity contribution in [3.8, 4) is 11.5 Å². The predicted octanol–water partition coefficient (Wildman–Crippen LogP) is 6.98. The zero-order valence-corrected chi connectivity index (χ0v) is 21.7. The number of nitrogens with zero attached hydrogens (tertiary/aromatic N) is 2. The number of amides is 2. The number of imide groups is 1. The fourth-order valence-electron chi connectivity index (χ4n) is 3.21. The molecule has 10 heteroatoms. The Hall–Kier alpha value is -2.52. The van der Waals surface area contributed by atoms with Crippen LogP contribution in [0.2, 0.25) is 10.0 Å². The summed E-state index contributed by atoms with van der Waals surface area (Å²) in [4.78, 5) is 30.9. The minimum absolute atomic E-state index is 0.0623. The van der Waals surface area contributed by atoms with E-state index in [4.69, 9.17) is 32.7 Å². The van der Waals surface area contributed by atoms with Crippen LogP contribution in [0.4, 0.5) is 4.79 Å². The summed E-state index contributed by atoms with van der Waals surface area (Å²) < 4.78 is 12.1. The van der Waals surface area contributed by atoms with Crippen LogP contribution >= 0.6 is 50.9 Å². The lowest BCUT2D eigenvalue weighted by atomic mass is 10.1. The molecular formula is C24H17BrCl2N2O4S. The molecule has 1 aliphatic rings. The number of methoxy groups -OCH3 is 1. The summed E-state index contributed by atoms with van der Waals surface area (Å²) >= 11 is 16.5. The number of hydrogen-bond donors (Lipinski definition) is 0. The summed E-state index contributed by atoms with van der Waals surface area (Å²) in [6.45, 7) is 0.399. The molecule has 6 nitrogen and oxygen atoms in total. The summed E-state index contributed by atoms with van der Waals surface area (Å²) in [5.41, 5.74) is 2.27. The molecule has 4 rings (SSSR count). The minimum Gasteiger partial charge on any atom is -0.493 e. The number of pyridine rings is 1. The quantitative estimate of drug-likeness (QED) is 0.281. The van der Waals surface area contributed by atoms with Gasteiger partial charge in [0.25, 0.3) is 11.1 Å². The average molecular weight is 580 g/mol. The van der Waals surface area contributed by atoms with Crippen molar-refractivity contribution in [2.24, 2.45) is 0 Å². The average Bonchev–Trinajstić information content (AvgIpc) is 3.07. The van der Waals surface area contributed by atoms with Gasteiger partial charge < -0.3 is 9.47 Å². The first-order valence-corrected chi connectivity index (χ1v) is 12.3. The topological polar surface area (TPSA) is 68.7 Å². The molecule has 1 fully saturated rings. The van der Waals surface area contributed by atoms with Gasteiger partial charge in [-0.1, -0.05) is 29.3 Å². The number of hydrogen-bond acceptors (Lipinski definition) is 6. The van der Waals surface area contributed by atoms with Crippen LogP contribution in [0.3, 0.4) is 0 Å². The molecule has 0 bridgehead atoms. The SMILES string of the molecule is COc1cc(/C=C2\SC(=O)N(Cc3ccc(Cl)cc3Cl)C2=O)cc(Br)c1OCc1ccncc1. The lowest BCUT2D eigenvalue weighted by molar-refractivity contribution is -0.123. The summed E-state index contributed by atoms with van der Waals surface area (Å²) in [5.74, 6) is 0.623. The monoisotopic (exact) mass is 578 g/mol. The molecule has 34 heavy (non-hydrogen) atoms. The van der Waals surface area contributed by atoms with Crippen molar-refractivity contribution in [2.45, 2.75) is 13.2 Å². The molecule has 0 aliphatic carbocycles. The van der Waals surface area contributed by atoms with E-state index in [-0.39, 0.29) is 11.8 Å². The Labute approximate surface area is 219 Å². The lowest BCUT2D eigenvalue weighted by Crippen LogP contribution is -2.27. The molecule has 0 spiro atoms. The smallest absolute Gasteiger partial charge is 0.293 e. The van der Waals surface area contributed by atoms with E-state index in [2.05, 4.69) is 20.9 Å². The summed E-state index contributed by atoms with van der Waals surface area (Å²) in [6, 6.07) is 12.2. The van der Waals surface area contributed by atoms with Gasteiger partial charge in [0.05, 0.1) is 23.0 Å². The van der Waals surface area contributed by atoms with Crippen molar-refractivity contribution in [2.75, 3.05) is 7.11 Å². The van der Waals surface area contributed by atoms with Crippen molar-refractivity contribution < 1.29 is 19.1 Å². The van der Waals surface area contributed by atoms with E-state index in [0.717, 1.165) is 22.2 Å². The maximum Gasteiger partial charge on any atom is 0.293 e. The van der Waals surface area contributed by atoms with Crippen LogP contribution in [-0.4, -0.2) is 28.1 Å². The molecule has 2 amide bonds. The van der Waals surface area contributed by atoms with Crippen LogP contribution in [0.5, 0.6) is 11.5 Å². The number of carbonyl (C=O) groups is 2. The first-order valence-electron chi connectivity index (χ1n) is 9.94. The van der Waals surface area contributed by atoms with Gasteiger partial charge in [0, 0.05) is 22.4 Å². The third-order valence-corrected chi connectivity index (χ3v) is 6.98. The maximum atomic E-state index is 12.9. The highest BCUT2D eigenvalue weighted by molar-refractivity contribution is 9.10. The molecule has 0 radical (unpaired) electrons. The molecule has 0 N–H and O–H groups in total. The van der Waals surface area contributed by atoms with Crippen LogP contribution in [0, 0.1) is 0 Å². The summed E-state index contributed by atoms with van der Waals surface area (Å²) in [6.07, 6.45) is 5.04. The second-order valence-corrected chi connectivity index (χ2v) is 9.87. The van der Waals surface area contributed by atoms with E-state index < -0.39 is 5.91 Å². The van der Waals surface area contributed by atoms with Gasteiger partial charge >= 0.3 is 0 Å². The van der Waals surface area contributed by atoms with E-state index in [1.807, 2.05) is 12.1 Å². The zero-order valence-electron chi connectivity index (χ0n) is 17.8. The third kappa shape index (κ3) is 5.58. The van der Waals surface area contributed by atoms with Crippen molar-refractivity contribution in [3.63, 3.8) is 0 Å². The van der Waals surface area contributed by atoms with Gasteiger partial charge in [-0.25, -0.2) is 0 Å². The Kier molecular flexibility index (Phi) is 7.83. The first-order chi connectivity index (χ1) is 16.4. The number of ether oxygens (including phenoxy) is 2. The second kappa shape index (κ2) is 10.8. The van der Waals surface area contributed by atoms with Crippen LogP contribution in [0.15, 0.2) is 64.2 Å². The standard InChI is InChI=1S/C24H17BrCl2N2O4S/c1-32-20-9-15(8-18(25)22(20)33-13-14-4-6-28-7-5-14)10-21-23(30)29(24(31)34-21)12-16-2-3-17(26)11-19(16)27/h2-11H,12-13H2,1H3/b21-10-. The highest BCUT2D eigenvalue weighted by Gasteiger charge is 2.35. The van der Waals surface area contributed by atoms with Crippen LogP contribution in [-0.2, 0) is 17.9 Å². The maximum absolute atomic E-state index is 12.9. The largest absolute Gasteiger partial charge is 0.493 e. The fourth-order valence-corrected chi connectivity index (χ4v) is 5.09. The van der Waals surface area contributed by atoms with Crippen molar-refractivity contribution in [1.29, 1.82) is 0 Å². The van der Waals surface area contributed by atoms with Gasteiger partial charge in [0.15, 0.2) is 11.5 Å². The molecule has 2 heterocycles. The minimum atomic E-state index is -0.394. The number of rotatable bonds is 7. The van der Waals surface area contributed by atoms with Gasteiger partial charge in [-0.05, 0) is 86.9 Å². The van der Waals surface area contributed by atoms with E-state index >= 15 is 0 Å². The predicted molar refractivity (Wildman–Crippen MR) is 137 cm³/mol. The van der Waals surface area contributed by atoms with E-state index in [1.165, 1.54) is 7.11 Å². The molecule has 0 atom stereocenters. The van der Waals surface area contributed by atoms with Crippen molar-refractivity contribution in [1.82, 2.24) is 9.88 Å². The molecule has 0 unspecified atom stereocenters. The first kappa shape index (κ1) is 24.6. The lowest BCUT2D eigenvalue weighted by Gasteiger charge is -2.14. The van der Waals surface area contributed by atoms with Gasteiger partial charge in [-0.3, -0.25) is 19.5 Å². The third-order valence-electron chi connectivity index (χ3n) is 4.90. The van der Waals surface area contributed by atoms with Gasteiger partial charge in [-0.2, -0.15) is 0 Å². The molecule has 3 aromatic rings. The number of carbonyl (C=O) groups excluding carboxylic acids is 2. The Morgan fingerprint density at radius 1 is 1.12 bits per heavy atom. The Bertz CT molecular complexity index is 1290. The van der Waals surface area contributed by atoms with Crippen LogP contribution in [0.25, 0.3) is 6.08 Å². The van der Waals surface area contributed by atoms with E-state index in [1.54, 1.807) is 48.8 Å². The molecule has 0 saturated carbocycles. The number of aromatic nitrogens is 1. The number of thioether (sulfide) groups is 1. The number of benzene rings is 2. The highest BCUT2D eigenvalue weighted by atomic mass is 79.9. The molecular weight excluding hydrogens is 563 g/mol. The van der Waals surface area contributed by atoms with Crippen molar-refractivity contribution in [3.05, 3.63) is 91.0 Å². The molecule has 1 aromatic heterocycles. The van der Waals surface area contributed by atoms with Gasteiger partial charge in [0.1, 0.15) is 6.61 Å². The Morgan fingerprint density at radius 2 is 1.88 bits per heavy atom. The Morgan fingerprint density at radius 3 is 2.59 bits per heavy atom. The number of halogens is 3. The normalized spacial score (nSPS) is 14.7. The summed E-state index contributed by atoms with van der Waals surface area (Å²) in [5, 5.41) is 0.507. The Balaban J connectivity index is 1.54. The molecule has 1 saturated heterocycles. The van der Waals surface area contributed by atoms with Gasteiger partial charge in [0.2, 0.25) is 0 Å². The summed E-state index contributed by atoms with van der Waals surface area (Å²) in [7, 11) is 1.54. The van der Waals surface area contributed by atoms with E-state index in [9.17, 15) is 9.59 Å². The zero-order chi connectivity index (χ0) is 24.2. The van der Waals surface area contributed by atoms with Crippen molar-refractivity contribution >= 4 is 68.1 Å². The molecule has 2 aromatic carbocycles. The second-order valence-electron chi connectivity index (χ2n) is 7.18. The fraction of sp³-hybridized carbons (Fsp3) is 0.125. The van der Waals surface area contributed by atoms with Crippen LogP contribution in [0.1, 0.15) is 16.7 Å². The molecule has 174 valence electrons. The van der Waals surface area contributed by atoms with E-state index in [0.29, 0.717) is 48.7 Å².